The molecular weight excluding hydrogens is 284 g/mol. The molecule has 5 nitrogen and oxygen atoms in total. The van der Waals surface area contributed by atoms with Crippen molar-refractivity contribution in [2.24, 2.45) is 0 Å². The largest absolute Gasteiger partial charge is 0.373 e. The van der Waals surface area contributed by atoms with E-state index in [1.54, 1.807) is 13.2 Å². The summed E-state index contributed by atoms with van der Waals surface area (Å²) in [5.41, 5.74) is 0.836. The number of halogens is 1. The smallest absolute Gasteiger partial charge is 0.267 e. The minimum absolute atomic E-state index is 0.106. The van der Waals surface area contributed by atoms with Gasteiger partial charge in [-0.3, -0.25) is 9.36 Å². The fourth-order valence-electron chi connectivity index (χ4n) is 1.51. The average molecular weight is 295 g/mol. The minimum atomic E-state index is -0.106. The van der Waals surface area contributed by atoms with Crippen LogP contribution < -0.4 is 10.9 Å². The second kappa shape index (κ2) is 5.09. The van der Waals surface area contributed by atoms with E-state index in [4.69, 9.17) is 0 Å². The number of pyridine rings is 1. The molecule has 1 N–H and O–H groups in total. The lowest BCUT2D eigenvalue weighted by molar-refractivity contribution is 0.729. The highest BCUT2D eigenvalue weighted by Crippen LogP contribution is 2.11. The Labute approximate surface area is 107 Å². The molecule has 0 aliphatic carbocycles. The molecule has 2 rings (SSSR count). The summed E-state index contributed by atoms with van der Waals surface area (Å²) >= 11 is 3.17. The summed E-state index contributed by atoms with van der Waals surface area (Å²) in [6, 6.07) is 3.76. The van der Waals surface area contributed by atoms with Crippen molar-refractivity contribution in [2.45, 2.75) is 6.54 Å². The molecule has 0 atom stereocenters. The molecule has 0 aromatic carbocycles. The van der Waals surface area contributed by atoms with Gasteiger partial charge in [0.25, 0.3) is 5.56 Å². The Balaban J connectivity index is 2.38. The van der Waals surface area contributed by atoms with Crippen LogP contribution in [0.4, 0.5) is 5.82 Å². The van der Waals surface area contributed by atoms with Crippen molar-refractivity contribution in [2.75, 3.05) is 12.4 Å². The summed E-state index contributed by atoms with van der Waals surface area (Å²) in [6.07, 6.45) is 4.71. The topological polar surface area (TPSA) is 59.8 Å². The zero-order valence-corrected chi connectivity index (χ0v) is 10.8. The molecule has 0 fully saturated rings. The van der Waals surface area contributed by atoms with Gasteiger partial charge in [0.1, 0.15) is 10.3 Å². The van der Waals surface area contributed by atoms with Crippen molar-refractivity contribution in [1.29, 1.82) is 0 Å². The van der Waals surface area contributed by atoms with Gasteiger partial charge in [0.2, 0.25) is 0 Å². The maximum atomic E-state index is 11.8. The predicted octanol–water partition coefficient (Wildman–Crippen LogP) is 1.49. The van der Waals surface area contributed by atoms with Crippen LogP contribution in [0.15, 0.2) is 40.1 Å². The highest BCUT2D eigenvalue weighted by molar-refractivity contribution is 9.10. The zero-order chi connectivity index (χ0) is 12.3. The van der Waals surface area contributed by atoms with Gasteiger partial charge >= 0.3 is 0 Å². The highest BCUT2D eigenvalue weighted by Gasteiger charge is 2.05. The number of anilines is 1. The Morgan fingerprint density at radius 3 is 3.12 bits per heavy atom. The third-order valence-corrected chi connectivity index (χ3v) is 2.87. The first-order chi connectivity index (χ1) is 8.22. The lowest BCUT2D eigenvalue weighted by atomic mass is 10.2. The predicted molar refractivity (Wildman–Crippen MR) is 69.1 cm³/mol. The maximum Gasteiger partial charge on any atom is 0.267 e. The van der Waals surface area contributed by atoms with Gasteiger partial charge in [0.05, 0.1) is 12.9 Å². The van der Waals surface area contributed by atoms with Gasteiger partial charge < -0.3 is 5.32 Å². The maximum absolute atomic E-state index is 11.8. The molecule has 0 bridgehead atoms. The summed E-state index contributed by atoms with van der Waals surface area (Å²) in [4.78, 5) is 20.0. The standard InChI is InChI=1S/C11H11BrN4O/c1-13-10-8(3-2-4-15-10)6-16-7-14-5-9(12)11(16)17/h2-5,7H,6H2,1H3,(H,13,15). The van der Waals surface area contributed by atoms with Crippen LogP contribution in [0.3, 0.4) is 0 Å². The molecule has 0 radical (unpaired) electrons. The first-order valence-corrected chi connectivity index (χ1v) is 5.83. The number of nitrogens with zero attached hydrogens (tertiary/aromatic N) is 3. The van der Waals surface area contributed by atoms with Gasteiger partial charge in [0, 0.05) is 25.0 Å². The Morgan fingerprint density at radius 2 is 2.35 bits per heavy atom. The quantitative estimate of drug-likeness (QED) is 0.932. The summed E-state index contributed by atoms with van der Waals surface area (Å²) in [7, 11) is 1.80. The highest BCUT2D eigenvalue weighted by atomic mass is 79.9. The molecule has 0 spiro atoms. The van der Waals surface area contributed by atoms with Crippen LogP contribution >= 0.6 is 15.9 Å². The van der Waals surface area contributed by atoms with E-state index in [1.165, 1.54) is 17.1 Å². The van der Waals surface area contributed by atoms with Gasteiger partial charge in [-0.2, -0.15) is 0 Å². The van der Waals surface area contributed by atoms with Gasteiger partial charge in [-0.1, -0.05) is 6.07 Å². The van der Waals surface area contributed by atoms with Gasteiger partial charge in [-0.25, -0.2) is 9.97 Å². The summed E-state index contributed by atoms with van der Waals surface area (Å²) in [6.45, 7) is 0.440. The van der Waals surface area contributed by atoms with Crippen LogP contribution in [0.25, 0.3) is 0 Å². The van der Waals surface area contributed by atoms with E-state index in [0.29, 0.717) is 11.0 Å². The number of nitrogens with one attached hydrogen (secondary N) is 1. The fourth-order valence-corrected chi connectivity index (χ4v) is 1.86. The van der Waals surface area contributed by atoms with Crippen molar-refractivity contribution in [3.63, 3.8) is 0 Å². The van der Waals surface area contributed by atoms with Crippen LogP contribution in [0.5, 0.6) is 0 Å². The molecule has 2 aromatic rings. The van der Waals surface area contributed by atoms with E-state index in [2.05, 4.69) is 31.2 Å². The van der Waals surface area contributed by atoms with E-state index < -0.39 is 0 Å². The van der Waals surface area contributed by atoms with E-state index in [0.717, 1.165) is 11.4 Å². The van der Waals surface area contributed by atoms with E-state index in [9.17, 15) is 4.79 Å². The molecule has 0 saturated heterocycles. The van der Waals surface area contributed by atoms with Crippen LogP contribution in [-0.2, 0) is 6.54 Å². The van der Waals surface area contributed by atoms with Crippen LogP contribution in [0, 0.1) is 0 Å². The second-order valence-corrected chi connectivity index (χ2v) is 4.29. The SMILES string of the molecule is CNc1ncccc1Cn1cncc(Br)c1=O. The molecule has 88 valence electrons. The Bertz CT molecular complexity index is 582. The lowest BCUT2D eigenvalue weighted by Crippen LogP contribution is -2.21. The van der Waals surface area contributed by atoms with Crippen LogP contribution in [-0.4, -0.2) is 21.6 Å². The van der Waals surface area contributed by atoms with Crippen LogP contribution in [0.1, 0.15) is 5.56 Å². The van der Waals surface area contributed by atoms with Crippen LogP contribution in [0.2, 0.25) is 0 Å². The van der Waals surface area contributed by atoms with Gasteiger partial charge in [0.15, 0.2) is 0 Å². The van der Waals surface area contributed by atoms with Gasteiger partial charge in [-0.05, 0) is 22.0 Å². The molecule has 0 amide bonds. The normalized spacial score (nSPS) is 10.2. The molecule has 0 aliphatic heterocycles. The van der Waals surface area contributed by atoms with Crippen molar-refractivity contribution in [1.82, 2.24) is 14.5 Å². The molecule has 17 heavy (non-hydrogen) atoms. The summed E-state index contributed by atoms with van der Waals surface area (Å²) < 4.78 is 1.98. The number of rotatable bonds is 3. The van der Waals surface area contributed by atoms with E-state index in [1.807, 2.05) is 12.1 Å². The molecule has 2 aromatic heterocycles. The minimum Gasteiger partial charge on any atom is -0.373 e. The Hall–Kier alpha value is -1.69. The number of hydrogen-bond donors (Lipinski definition) is 1. The van der Waals surface area contributed by atoms with Gasteiger partial charge in [-0.15, -0.1) is 0 Å². The van der Waals surface area contributed by atoms with E-state index >= 15 is 0 Å². The Kier molecular flexibility index (Phi) is 3.53. The molecule has 2 heterocycles. The third kappa shape index (κ3) is 2.52. The number of hydrogen-bond acceptors (Lipinski definition) is 4. The average Bonchev–Trinajstić information content (AvgIpc) is 2.35. The van der Waals surface area contributed by atoms with Crippen molar-refractivity contribution in [3.8, 4) is 0 Å². The molecule has 0 saturated carbocycles. The zero-order valence-electron chi connectivity index (χ0n) is 9.22. The van der Waals surface area contributed by atoms with Crippen molar-refractivity contribution < 1.29 is 0 Å². The first kappa shape index (κ1) is 11.8. The first-order valence-electron chi connectivity index (χ1n) is 5.04. The second-order valence-electron chi connectivity index (χ2n) is 3.44. The molecular formula is C11H11BrN4O. The lowest BCUT2D eigenvalue weighted by Gasteiger charge is -2.09. The number of aromatic nitrogens is 3. The fraction of sp³-hybridized carbons (Fsp3) is 0.182. The molecule has 0 unspecified atom stereocenters. The van der Waals surface area contributed by atoms with E-state index in [-0.39, 0.29) is 5.56 Å². The van der Waals surface area contributed by atoms with Crippen molar-refractivity contribution >= 4 is 21.7 Å². The summed E-state index contributed by atoms with van der Waals surface area (Å²) in [5, 5.41) is 2.99. The molecule has 0 aliphatic rings. The molecule has 6 heteroatoms. The van der Waals surface area contributed by atoms with Crippen molar-refractivity contribution in [3.05, 3.63) is 51.2 Å². The monoisotopic (exact) mass is 294 g/mol. The third-order valence-electron chi connectivity index (χ3n) is 2.33. The summed E-state index contributed by atoms with van der Waals surface area (Å²) in [5.74, 6) is 0.763. The Morgan fingerprint density at radius 1 is 1.53 bits per heavy atom.